The van der Waals surface area contributed by atoms with Crippen molar-refractivity contribution in [3.63, 3.8) is 0 Å². The molecule has 0 fully saturated rings. The Morgan fingerprint density at radius 2 is 1.61 bits per heavy atom. The summed E-state index contributed by atoms with van der Waals surface area (Å²) < 4.78 is 7.73. The third-order valence-corrected chi connectivity index (χ3v) is 4.48. The number of rotatable bonds is 2. The van der Waals surface area contributed by atoms with E-state index < -0.39 is 0 Å². The van der Waals surface area contributed by atoms with Crippen molar-refractivity contribution in [2.24, 2.45) is 0 Å². The van der Waals surface area contributed by atoms with Gasteiger partial charge in [0, 0.05) is 0 Å². The minimum absolute atomic E-state index is 0.0321. The molecule has 88 valence electrons. The molecule has 3 rings (SSSR count). The van der Waals surface area contributed by atoms with E-state index in [1.165, 1.54) is 4.46 Å². The van der Waals surface area contributed by atoms with Crippen LogP contribution in [0.1, 0.15) is 0 Å². The van der Waals surface area contributed by atoms with Gasteiger partial charge in [-0.1, -0.05) is 0 Å². The van der Waals surface area contributed by atoms with Crippen molar-refractivity contribution in [3.8, 4) is 0 Å². The molecule has 0 amide bonds. The Kier molecular flexibility index (Phi) is 3.01. The van der Waals surface area contributed by atoms with Gasteiger partial charge in [-0.15, -0.1) is 0 Å². The quantitative estimate of drug-likeness (QED) is 0.671. The van der Waals surface area contributed by atoms with Crippen LogP contribution in [-0.2, 0) is 0 Å². The van der Waals surface area contributed by atoms with Crippen molar-refractivity contribution in [1.29, 1.82) is 0 Å². The van der Waals surface area contributed by atoms with Crippen LogP contribution in [0.25, 0.3) is 11.0 Å². The number of hydrogen-bond donors (Lipinski definition) is 0. The van der Waals surface area contributed by atoms with Crippen LogP contribution in [0.4, 0.5) is 0 Å². The van der Waals surface area contributed by atoms with Crippen LogP contribution < -0.4 is 14.5 Å². The molecular weight excluding hydrogens is 291 g/mol. The molecule has 3 heteroatoms. The SMILES string of the molecule is O=c1cc([Se]c2ccccc2)oc2ccccc12. The first kappa shape index (κ1) is 11.3. The van der Waals surface area contributed by atoms with Gasteiger partial charge in [-0.2, -0.15) is 0 Å². The van der Waals surface area contributed by atoms with Crippen LogP contribution in [0.5, 0.6) is 0 Å². The molecule has 0 bridgehead atoms. The molecule has 0 unspecified atom stereocenters. The number of hydrogen-bond acceptors (Lipinski definition) is 2. The molecule has 2 nitrogen and oxygen atoms in total. The van der Waals surface area contributed by atoms with Crippen LogP contribution in [0, 0.1) is 0 Å². The van der Waals surface area contributed by atoms with Gasteiger partial charge >= 0.3 is 110 Å². The maximum atomic E-state index is 11.9. The van der Waals surface area contributed by atoms with Crippen LogP contribution in [0.15, 0.2) is 69.9 Å². The summed E-state index contributed by atoms with van der Waals surface area (Å²) in [6.07, 6.45) is 0. The second-order valence-corrected chi connectivity index (χ2v) is 6.10. The molecule has 0 aliphatic carbocycles. The third-order valence-electron chi connectivity index (χ3n) is 2.57. The van der Waals surface area contributed by atoms with Crippen LogP contribution in [0.3, 0.4) is 0 Å². The second-order valence-electron chi connectivity index (χ2n) is 3.84. The van der Waals surface area contributed by atoms with Gasteiger partial charge in [0.15, 0.2) is 0 Å². The summed E-state index contributed by atoms with van der Waals surface area (Å²) in [4.78, 5) is 11.9. The van der Waals surface area contributed by atoms with Crippen LogP contribution in [-0.4, -0.2) is 15.0 Å². The zero-order valence-electron chi connectivity index (χ0n) is 9.50. The zero-order valence-corrected chi connectivity index (χ0v) is 11.2. The van der Waals surface area contributed by atoms with E-state index in [4.69, 9.17) is 4.42 Å². The summed E-state index contributed by atoms with van der Waals surface area (Å²) in [5, 5.41) is 0.644. The molecule has 1 aromatic heterocycles. The van der Waals surface area contributed by atoms with Gasteiger partial charge in [-0.05, 0) is 0 Å². The van der Waals surface area contributed by atoms with E-state index in [1.807, 2.05) is 36.4 Å². The van der Waals surface area contributed by atoms with Gasteiger partial charge in [0.1, 0.15) is 0 Å². The molecule has 0 aliphatic rings. The first-order valence-electron chi connectivity index (χ1n) is 5.59. The standard InChI is InChI=1S/C15H10O2Se/c16-13-10-15(18-11-6-2-1-3-7-11)17-14-9-5-4-8-12(13)14/h1-10H. The normalized spacial score (nSPS) is 10.7. The molecule has 0 aliphatic heterocycles. The average molecular weight is 301 g/mol. The Balaban J connectivity index is 2.06. The topological polar surface area (TPSA) is 30.2 Å². The fourth-order valence-electron chi connectivity index (χ4n) is 1.74. The Bertz CT molecular complexity index is 732. The summed E-state index contributed by atoms with van der Waals surface area (Å²) >= 11 is 0.0322. The maximum absolute atomic E-state index is 11.9. The molecule has 0 atom stereocenters. The van der Waals surface area contributed by atoms with Gasteiger partial charge in [0.05, 0.1) is 0 Å². The van der Waals surface area contributed by atoms with Crippen molar-refractivity contribution in [2.75, 3.05) is 0 Å². The van der Waals surface area contributed by atoms with Crippen molar-refractivity contribution in [1.82, 2.24) is 0 Å². The Morgan fingerprint density at radius 1 is 0.889 bits per heavy atom. The van der Waals surface area contributed by atoms with E-state index in [0.717, 1.165) is 4.66 Å². The zero-order chi connectivity index (χ0) is 12.4. The predicted molar refractivity (Wildman–Crippen MR) is 73.9 cm³/mol. The van der Waals surface area contributed by atoms with Gasteiger partial charge in [-0.3, -0.25) is 0 Å². The molecule has 3 aromatic rings. The molecule has 0 spiro atoms. The molecular formula is C15H10O2Se. The first-order valence-corrected chi connectivity index (χ1v) is 7.30. The van der Waals surface area contributed by atoms with Gasteiger partial charge < -0.3 is 0 Å². The van der Waals surface area contributed by atoms with Gasteiger partial charge in [0.25, 0.3) is 0 Å². The van der Waals surface area contributed by atoms with Crippen molar-refractivity contribution in [2.45, 2.75) is 0 Å². The van der Waals surface area contributed by atoms with E-state index in [1.54, 1.807) is 12.1 Å². The van der Waals surface area contributed by atoms with E-state index in [-0.39, 0.29) is 20.4 Å². The van der Waals surface area contributed by atoms with Crippen molar-refractivity contribution >= 4 is 35.0 Å². The monoisotopic (exact) mass is 302 g/mol. The Labute approximate surface area is 110 Å². The number of benzene rings is 2. The van der Waals surface area contributed by atoms with Crippen LogP contribution in [0.2, 0.25) is 0 Å². The Hall–Kier alpha value is -1.83. The molecule has 0 saturated heterocycles. The molecule has 0 saturated carbocycles. The molecule has 2 aromatic carbocycles. The summed E-state index contributed by atoms with van der Waals surface area (Å²) in [7, 11) is 0. The van der Waals surface area contributed by atoms with E-state index in [9.17, 15) is 4.79 Å². The van der Waals surface area contributed by atoms with E-state index in [2.05, 4.69) is 12.1 Å². The van der Waals surface area contributed by atoms with Crippen molar-refractivity contribution in [3.05, 3.63) is 70.9 Å². The molecule has 0 radical (unpaired) electrons. The van der Waals surface area contributed by atoms with Gasteiger partial charge in [0.2, 0.25) is 0 Å². The summed E-state index contributed by atoms with van der Waals surface area (Å²) in [5.74, 6) is 0. The fourth-order valence-corrected chi connectivity index (χ4v) is 3.46. The Morgan fingerprint density at radius 3 is 2.44 bits per heavy atom. The van der Waals surface area contributed by atoms with E-state index in [0.29, 0.717) is 11.0 Å². The average Bonchev–Trinajstić information content (AvgIpc) is 2.40. The summed E-state index contributed by atoms with van der Waals surface area (Å²) in [6.45, 7) is 0. The molecule has 0 N–H and O–H groups in total. The minimum atomic E-state index is 0.0321. The van der Waals surface area contributed by atoms with Gasteiger partial charge in [-0.25, -0.2) is 0 Å². The predicted octanol–water partition coefficient (Wildman–Crippen LogP) is 1.45. The third kappa shape index (κ3) is 2.23. The summed E-state index contributed by atoms with van der Waals surface area (Å²) in [6, 6.07) is 19.0. The number of fused-ring (bicyclic) bond motifs is 1. The fraction of sp³-hybridized carbons (Fsp3) is 0. The second kappa shape index (κ2) is 4.81. The number of para-hydroxylation sites is 1. The molecule has 1 heterocycles. The first-order chi connectivity index (χ1) is 8.83. The molecule has 18 heavy (non-hydrogen) atoms. The van der Waals surface area contributed by atoms with Crippen molar-refractivity contribution < 1.29 is 4.42 Å². The summed E-state index contributed by atoms with van der Waals surface area (Å²) in [5.41, 5.74) is 0.697. The van der Waals surface area contributed by atoms with Crippen LogP contribution >= 0.6 is 0 Å². The van der Waals surface area contributed by atoms with E-state index >= 15 is 0 Å².